The maximum atomic E-state index is 8.94. The summed E-state index contributed by atoms with van der Waals surface area (Å²) in [5, 5.41) is 9.67. The predicted octanol–water partition coefficient (Wildman–Crippen LogP) is 2.51. The summed E-state index contributed by atoms with van der Waals surface area (Å²) in [6.07, 6.45) is 0. The number of rotatable bonds is 2. The van der Waals surface area contributed by atoms with Gasteiger partial charge in [0.05, 0.1) is 6.61 Å². The van der Waals surface area contributed by atoms with Crippen molar-refractivity contribution in [3.05, 3.63) is 27.8 Å². The van der Waals surface area contributed by atoms with Crippen molar-refractivity contribution in [2.24, 2.45) is 0 Å². The van der Waals surface area contributed by atoms with Crippen molar-refractivity contribution in [3.63, 3.8) is 0 Å². The molecular formula is C10H11NO2S. The van der Waals surface area contributed by atoms with E-state index in [9.17, 15) is 0 Å². The number of hydrogen-bond donors (Lipinski definition) is 1. The van der Waals surface area contributed by atoms with Crippen LogP contribution in [0.2, 0.25) is 0 Å². The van der Waals surface area contributed by atoms with Gasteiger partial charge in [0.15, 0.2) is 5.76 Å². The fourth-order valence-corrected chi connectivity index (χ4v) is 2.11. The topological polar surface area (TPSA) is 46.3 Å². The van der Waals surface area contributed by atoms with Crippen LogP contribution in [0.4, 0.5) is 0 Å². The van der Waals surface area contributed by atoms with Gasteiger partial charge in [0.25, 0.3) is 0 Å². The highest BCUT2D eigenvalue weighted by Crippen LogP contribution is 2.28. The molecule has 3 nitrogen and oxygen atoms in total. The number of aliphatic hydroxyl groups is 1. The number of thiazole rings is 1. The molecule has 0 fully saturated rings. The van der Waals surface area contributed by atoms with Gasteiger partial charge in [-0.05, 0) is 26.0 Å². The van der Waals surface area contributed by atoms with Gasteiger partial charge in [0.1, 0.15) is 16.5 Å². The molecule has 74 valence electrons. The van der Waals surface area contributed by atoms with Crippen LogP contribution < -0.4 is 0 Å². The minimum absolute atomic E-state index is 0.00873. The maximum absolute atomic E-state index is 8.94. The normalized spacial score (nSPS) is 10.8. The van der Waals surface area contributed by atoms with Gasteiger partial charge in [0.2, 0.25) is 0 Å². The van der Waals surface area contributed by atoms with Crippen molar-refractivity contribution in [2.45, 2.75) is 20.5 Å². The van der Waals surface area contributed by atoms with E-state index in [-0.39, 0.29) is 6.61 Å². The van der Waals surface area contributed by atoms with Gasteiger partial charge < -0.3 is 9.52 Å². The summed E-state index contributed by atoms with van der Waals surface area (Å²) in [4.78, 5) is 5.36. The summed E-state index contributed by atoms with van der Waals surface area (Å²) in [7, 11) is 0. The number of aryl methyl sites for hydroxylation is 2. The van der Waals surface area contributed by atoms with Gasteiger partial charge in [-0.3, -0.25) is 0 Å². The lowest BCUT2D eigenvalue weighted by Gasteiger charge is -1.91. The average molecular weight is 209 g/mol. The molecule has 0 atom stereocenters. The highest BCUT2D eigenvalue weighted by Gasteiger charge is 2.11. The molecule has 0 unspecified atom stereocenters. The largest absolute Gasteiger partial charge is 0.460 e. The Bertz CT molecular complexity index is 445. The molecule has 2 rings (SSSR count). The Morgan fingerprint density at radius 2 is 2.21 bits per heavy atom. The SMILES string of the molecule is Cc1ccc(-c2nc(CO)sc2C)o1. The molecule has 2 aromatic rings. The number of hydrogen-bond acceptors (Lipinski definition) is 4. The molecule has 2 heterocycles. The lowest BCUT2D eigenvalue weighted by Crippen LogP contribution is -1.81. The fraction of sp³-hybridized carbons (Fsp3) is 0.300. The van der Waals surface area contributed by atoms with Gasteiger partial charge in [-0.25, -0.2) is 4.98 Å². The molecule has 0 aliphatic rings. The van der Waals surface area contributed by atoms with E-state index in [1.165, 1.54) is 11.3 Å². The Morgan fingerprint density at radius 3 is 2.71 bits per heavy atom. The number of furan rings is 1. The van der Waals surface area contributed by atoms with Crippen LogP contribution in [0.15, 0.2) is 16.5 Å². The van der Waals surface area contributed by atoms with Crippen molar-refractivity contribution >= 4 is 11.3 Å². The summed E-state index contributed by atoms with van der Waals surface area (Å²) in [5.74, 6) is 1.65. The molecule has 14 heavy (non-hydrogen) atoms. The monoisotopic (exact) mass is 209 g/mol. The smallest absolute Gasteiger partial charge is 0.153 e. The predicted molar refractivity (Wildman–Crippen MR) is 55.2 cm³/mol. The van der Waals surface area contributed by atoms with Crippen LogP contribution >= 0.6 is 11.3 Å². The minimum Gasteiger partial charge on any atom is -0.460 e. The Balaban J connectivity index is 2.45. The third kappa shape index (κ3) is 1.58. The highest BCUT2D eigenvalue weighted by molar-refractivity contribution is 7.12. The minimum atomic E-state index is -0.00873. The summed E-state index contributed by atoms with van der Waals surface area (Å²) < 4.78 is 5.47. The first-order valence-corrected chi connectivity index (χ1v) is 5.16. The molecule has 0 amide bonds. The molecular weight excluding hydrogens is 198 g/mol. The first kappa shape index (κ1) is 9.43. The zero-order valence-electron chi connectivity index (χ0n) is 8.07. The second-order valence-electron chi connectivity index (χ2n) is 3.08. The third-order valence-electron chi connectivity index (χ3n) is 1.95. The maximum Gasteiger partial charge on any atom is 0.153 e. The molecule has 0 saturated carbocycles. The molecule has 0 aromatic carbocycles. The van der Waals surface area contributed by atoms with E-state index < -0.39 is 0 Å². The van der Waals surface area contributed by atoms with Gasteiger partial charge in [-0.15, -0.1) is 11.3 Å². The third-order valence-corrected chi connectivity index (χ3v) is 2.91. The number of nitrogens with zero attached hydrogens (tertiary/aromatic N) is 1. The van der Waals surface area contributed by atoms with Gasteiger partial charge >= 0.3 is 0 Å². The molecule has 0 radical (unpaired) electrons. The van der Waals surface area contributed by atoms with Crippen LogP contribution in [0.3, 0.4) is 0 Å². The van der Waals surface area contributed by atoms with Crippen LogP contribution in [0.5, 0.6) is 0 Å². The number of aliphatic hydroxyl groups excluding tert-OH is 1. The van der Waals surface area contributed by atoms with Crippen molar-refractivity contribution < 1.29 is 9.52 Å². The zero-order chi connectivity index (χ0) is 10.1. The van der Waals surface area contributed by atoms with E-state index in [4.69, 9.17) is 9.52 Å². The van der Waals surface area contributed by atoms with Crippen molar-refractivity contribution in [3.8, 4) is 11.5 Å². The number of aromatic nitrogens is 1. The Labute approximate surface area is 86.0 Å². The van der Waals surface area contributed by atoms with Crippen LogP contribution in [0.25, 0.3) is 11.5 Å². The van der Waals surface area contributed by atoms with E-state index in [1.54, 1.807) is 0 Å². The Morgan fingerprint density at radius 1 is 1.43 bits per heavy atom. The molecule has 0 spiro atoms. The second-order valence-corrected chi connectivity index (χ2v) is 4.37. The summed E-state index contributed by atoms with van der Waals surface area (Å²) in [6, 6.07) is 3.81. The average Bonchev–Trinajstić information content (AvgIpc) is 2.71. The van der Waals surface area contributed by atoms with E-state index in [2.05, 4.69) is 4.98 Å². The first-order chi connectivity index (χ1) is 6.70. The van der Waals surface area contributed by atoms with E-state index in [0.29, 0.717) is 0 Å². The highest BCUT2D eigenvalue weighted by atomic mass is 32.1. The molecule has 0 bridgehead atoms. The summed E-state index contributed by atoms with van der Waals surface area (Å²) >= 11 is 1.50. The zero-order valence-corrected chi connectivity index (χ0v) is 8.89. The van der Waals surface area contributed by atoms with E-state index in [1.807, 2.05) is 26.0 Å². The van der Waals surface area contributed by atoms with Gasteiger partial charge in [-0.1, -0.05) is 0 Å². The van der Waals surface area contributed by atoms with Crippen LogP contribution in [-0.2, 0) is 6.61 Å². The van der Waals surface area contributed by atoms with Crippen molar-refractivity contribution in [1.29, 1.82) is 0 Å². The summed E-state index contributed by atoms with van der Waals surface area (Å²) in [6.45, 7) is 3.87. The molecule has 0 aliphatic heterocycles. The molecule has 4 heteroatoms. The summed E-state index contributed by atoms with van der Waals surface area (Å²) in [5.41, 5.74) is 0.840. The van der Waals surface area contributed by atoms with Crippen molar-refractivity contribution in [2.75, 3.05) is 0 Å². The lowest BCUT2D eigenvalue weighted by atomic mass is 10.3. The Hall–Kier alpha value is -1.13. The van der Waals surface area contributed by atoms with Crippen molar-refractivity contribution in [1.82, 2.24) is 4.98 Å². The van der Waals surface area contributed by atoms with E-state index in [0.717, 1.165) is 27.1 Å². The standard InChI is InChI=1S/C10H11NO2S/c1-6-3-4-8(13-6)10-7(2)14-9(5-12)11-10/h3-4,12H,5H2,1-2H3. The van der Waals surface area contributed by atoms with Crippen LogP contribution in [-0.4, -0.2) is 10.1 Å². The van der Waals surface area contributed by atoms with Crippen LogP contribution in [0.1, 0.15) is 15.6 Å². The molecule has 1 N–H and O–H groups in total. The quantitative estimate of drug-likeness (QED) is 0.826. The lowest BCUT2D eigenvalue weighted by molar-refractivity contribution is 0.281. The van der Waals surface area contributed by atoms with Gasteiger partial charge in [-0.2, -0.15) is 0 Å². The fourth-order valence-electron chi connectivity index (χ4n) is 1.31. The van der Waals surface area contributed by atoms with E-state index >= 15 is 0 Å². The van der Waals surface area contributed by atoms with Crippen LogP contribution in [0, 0.1) is 13.8 Å². The molecule has 0 saturated heterocycles. The Kier molecular flexibility index (Phi) is 2.39. The molecule has 2 aromatic heterocycles. The second kappa shape index (κ2) is 3.55. The van der Waals surface area contributed by atoms with Gasteiger partial charge in [0, 0.05) is 4.88 Å². The first-order valence-electron chi connectivity index (χ1n) is 4.34. The molecule has 0 aliphatic carbocycles.